The quantitative estimate of drug-likeness (QED) is 0.902. The minimum Gasteiger partial charge on any atom is -0.374 e. The summed E-state index contributed by atoms with van der Waals surface area (Å²) in [5.41, 5.74) is 2.65. The van der Waals surface area contributed by atoms with E-state index in [1.165, 1.54) is 12.1 Å². The predicted molar refractivity (Wildman–Crippen MR) is 78.8 cm³/mol. The van der Waals surface area contributed by atoms with Gasteiger partial charge in [-0.1, -0.05) is 15.9 Å². The molecule has 1 aromatic carbocycles. The molecule has 2 aromatic rings. The lowest BCUT2D eigenvalue weighted by molar-refractivity contribution is 0.583. The topological polar surface area (TPSA) is 29.9 Å². The Morgan fingerprint density at radius 2 is 1.80 bits per heavy atom. The lowest BCUT2D eigenvalue weighted by Gasteiger charge is -2.17. The number of halogens is 3. The molecule has 0 saturated heterocycles. The lowest BCUT2D eigenvalue weighted by Crippen LogP contribution is -2.11. The number of hydrogen-bond acceptors (Lipinski definition) is 2. The minimum atomic E-state index is -0.622. The summed E-state index contributed by atoms with van der Waals surface area (Å²) in [5.74, 6) is -1.24. The van der Waals surface area contributed by atoms with Crippen molar-refractivity contribution in [3.05, 3.63) is 45.2 Å². The molecule has 1 aromatic heterocycles. The number of benzene rings is 1. The van der Waals surface area contributed by atoms with E-state index in [2.05, 4.69) is 26.3 Å². The zero-order valence-electron chi connectivity index (χ0n) is 11.8. The summed E-state index contributed by atoms with van der Waals surface area (Å²) in [6.45, 7) is 5.68. The SMILES string of the molecule is Cc1nn(C)c(C)c1C(C)Nc1c(F)cc(Br)cc1F. The molecule has 1 N–H and O–H groups in total. The van der Waals surface area contributed by atoms with Crippen LogP contribution in [0.5, 0.6) is 0 Å². The van der Waals surface area contributed by atoms with Crippen LogP contribution in [0.2, 0.25) is 0 Å². The molecule has 1 unspecified atom stereocenters. The van der Waals surface area contributed by atoms with E-state index in [1.54, 1.807) is 4.68 Å². The average molecular weight is 344 g/mol. The predicted octanol–water partition coefficient (Wildman–Crippen LogP) is 4.25. The van der Waals surface area contributed by atoms with E-state index < -0.39 is 11.6 Å². The Morgan fingerprint density at radius 3 is 2.25 bits per heavy atom. The molecular weight excluding hydrogens is 328 g/mol. The van der Waals surface area contributed by atoms with E-state index in [4.69, 9.17) is 0 Å². The molecule has 0 spiro atoms. The van der Waals surface area contributed by atoms with Gasteiger partial charge >= 0.3 is 0 Å². The second-order valence-electron chi connectivity index (χ2n) is 4.82. The van der Waals surface area contributed by atoms with Crippen molar-refractivity contribution in [3.63, 3.8) is 0 Å². The number of hydrogen-bond donors (Lipinski definition) is 1. The standard InChI is InChI=1S/C14H16BrF2N3/c1-7(13-8(2)19-20(4)9(13)3)18-14-11(16)5-10(15)6-12(14)17/h5-7,18H,1-4H3. The number of aryl methyl sites for hydroxylation is 2. The van der Waals surface area contributed by atoms with Crippen LogP contribution in [0.1, 0.15) is 29.9 Å². The van der Waals surface area contributed by atoms with Gasteiger partial charge < -0.3 is 5.32 Å². The van der Waals surface area contributed by atoms with E-state index in [0.717, 1.165) is 17.0 Å². The molecule has 1 heterocycles. The Kier molecular flexibility index (Phi) is 4.13. The van der Waals surface area contributed by atoms with Crippen LogP contribution in [0.4, 0.5) is 14.5 Å². The van der Waals surface area contributed by atoms with Gasteiger partial charge in [0, 0.05) is 22.8 Å². The van der Waals surface area contributed by atoms with Crippen LogP contribution in [0.15, 0.2) is 16.6 Å². The Morgan fingerprint density at radius 1 is 1.25 bits per heavy atom. The average Bonchev–Trinajstić information content (AvgIpc) is 2.58. The Bertz CT molecular complexity index is 629. The van der Waals surface area contributed by atoms with Crippen LogP contribution in [0.3, 0.4) is 0 Å². The van der Waals surface area contributed by atoms with Gasteiger partial charge in [-0.3, -0.25) is 4.68 Å². The second-order valence-corrected chi connectivity index (χ2v) is 5.73. The van der Waals surface area contributed by atoms with Gasteiger partial charge in [-0.2, -0.15) is 5.10 Å². The maximum absolute atomic E-state index is 13.8. The smallest absolute Gasteiger partial charge is 0.150 e. The van der Waals surface area contributed by atoms with E-state index >= 15 is 0 Å². The summed E-state index contributed by atoms with van der Waals surface area (Å²) < 4.78 is 29.8. The van der Waals surface area contributed by atoms with Gasteiger partial charge in [0.1, 0.15) is 17.3 Å². The van der Waals surface area contributed by atoms with Crippen molar-refractivity contribution < 1.29 is 8.78 Å². The number of nitrogens with zero attached hydrogens (tertiary/aromatic N) is 2. The van der Waals surface area contributed by atoms with Crippen molar-refractivity contribution in [1.82, 2.24) is 9.78 Å². The highest BCUT2D eigenvalue weighted by atomic mass is 79.9. The summed E-state index contributed by atoms with van der Waals surface area (Å²) in [6, 6.07) is 2.23. The summed E-state index contributed by atoms with van der Waals surface area (Å²) in [4.78, 5) is 0. The summed E-state index contributed by atoms with van der Waals surface area (Å²) in [6.07, 6.45) is 0. The second kappa shape index (κ2) is 5.52. The number of anilines is 1. The third kappa shape index (κ3) is 2.70. The molecule has 3 nitrogen and oxygen atoms in total. The molecule has 0 radical (unpaired) electrons. The molecule has 0 aliphatic rings. The van der Waals surface area contributed by atoms with Gasteiger partial charge in [0.2, 0.25) is 0 Å². The first-order valence-corrected chi connectivity index (χ1v) is 7.01. The normalized spacial score (nSPS) is 12.6. The monoisotopic (exact) mass is 343 g/mol. The van der Waals surface area contributed by atoms with Crippen molar-refractivity contribution >= 4 is 21.6 Å². The number of rotatable bonds is 3. The molecule has 0 aliphatic carbocycles. The van der Waals surface area contributed by atoms with Gasteiger partial charge in [-0.05, 0) is 32.9 Å². The molecule has 108 valence electrons. The van der Waals surface area contributed by atoms with Crippen molar-refractivity contribution in [2.45, 2.75) is 26.8 Å². The van der Waals surface area contributed by atoms with Gasteiger partial charge in [0.25, 0.3) is 0 Å². The fraction of sp³-hybridized carbons (Fsp3) is 0.357. The minimum absolute atomic E-state index is 0.122. The molecule has 1 atom stereocenters. The summed E-state index contributed by atoms with van der Waals surface area (Å²) in [7, 11) is 1.85. The third-order valence-electron chi connectivity index (χ3n) is 3.37. The fourth-order valence-electron chi connectivity index (χ4n) is 2.39. The molecule has 0 saturated carbocycles. The Balaban J connectivity index is 2.35. The molecular formula is C14H16BrF2N3. The molecule has 0 fully saturated rings. The summed E-state index contributed by atoms with van der Waals surface area (Å²) >= 11 is 3.06. The van der Waals surface area contributed by atoms with Crippen molar-refractivity contribution in [3.8, 4) is 0 Å². The van der Waals surface area contributed by atoms with E-state index in [9.17, 15) is 8.78 Å². The van der Waals surface area contributed by atoms with Crippen molar-refractivity contribution in [1.29, 1.82) is 0 Å². The molecule has 0 amide bonds. The van der Waals surface area contributed by atoms with Crippen LogP contribution in [-0.4, -0.2) is 9.78 Å². The van der Waals surface area contributed by atoms with Crippen LogP contribution in [0, 0.1) is 25.5 Å². The van der Waals surface area contributed by atoms with Gasteiger partial charge in [0.15, 0.2) is 0 Å². The van der Waals surface area contributed by atoms with Gasteiger partial charge in [-0.15, -0.1) is 0 Å². The Labute approximate surface area is 125 Å². The number of nitrogens with one attached hydrogen (secondary N) is 1. The van der Waals surface area contributed by atoms with Crippen LogP contribution >= 0.6 is 15.9 Å². The fourth-order valence-corrected chi connectivity index (χ4v) is 2.79. The van der Waals surface area contributed by atoms with E-state index in [1.807, 2.05) is 27.8 Å². The maximum atomic E-state index is 13.8. The third-order valence-corrected chi connectivity index (χ3v) is 3.82. The maximum Gasteiger partial charge on any atom is 0.150 e. The first-order valence-electron chi connectivity index (χ1n) is 6.22. The van der Waals surface area contributed by atoms with Gasteiger partial charge in [-0.25, -0.2) is 8.78 Å². The number of aromatic nitrogens is 2. The molecule has 6 heteroatoms. The van der Waals surface area contributed by atoms with Crippen LogP contribution in [-0.2, 0) is 7.05 Å². The summed E-state index contributed by atoms with van der Waals surface area (Å²) in [5, 5.41) is 7.21. The molecule has 2 rings (SSSR count). The van der Waals surface area contributed by atoms with Gasteiger partial charge in [0.05, 0.1) is 11.7 Å². The largest absolute Gasteiger partial charge is 0.374 e. The highest BCUT2D eigenvalue weighted by Crippen LogP contribution is 2.29. The molecule has 20 heavy (non-hydrogen) atoms. The zero-order valence-corrected chi connectivity index (χ0v) is 13.3. The highest BCUT2D eigenvalue weighted by Gasteiger charge is 2.19. The highest BCUT2D eigenvalue weighted by molar-refractivity contribution is 9.10. The van der Waals surface area contributed by atoms with E-state index in [-0.39, 0.29) is 11.7 Å². The van der Waals surface area contributed by atoms with E-state index in [0.29, 0.717) is 4.47 Å². The van der Waals surface area contributed by atoms with Crippen molar-refractivity contribution in [2.75, 3.05) is 5.32 Å². The molecule has 0 aliphatic heterocycles. The lowest BCUT2D eigenvalue weighted by atomic mass is 10.1. The molecule has 0 bridgehead atoms. The van der Waals surface area contributed by atoms with Crippen LogP contribution in [0.25, 0.3) is 0 Å². The first kappa shape index (κ1) is 15.0. The first-order chi connectivity index (χ1) is 9.31. The zero-order chi connectivity index (χ0) is 15.0. The van der Waals surface area contributed by atoms with Crippen molar-refractivity contribution in [2.24, 2.45) is 7.05 Å². The Hall–Kier alpha value is -1.43. The van der Waals surface area contributed by atoms with Crippen LogP contribution < -0.4 is 5.32 Å².